The smallest absolute Gasteiger partial charge is 0.410 e. The third kappa shape index (κ3) is 6.02. The number of carbonyl (C=O) groups is 2. The molecule has 1 aliphatic heterocycles. The van der Waals surface area contributed by atoms with Crippen LogP contribution in [0.15, 0.2) is 95.4 Å². The first-order valence-corrected chi connectivity index (χ1v) is 14.3. The maximum Gasteiger partial charge on any atom is 0.410 e. The van der Waals surface area contributed by atoms with Crippen LogP contribution in [-0.2, 0) is 11.3 Å². The Morgan fingerprint density at radius 1 is 0.833 bits per heavy atom. The van der Waals surface area contributed by atoms with Crippen LogP contribution in [0.3, 0.4) is 0 Å². The van der Waals surface area contributed by atoms with Gasteiger partial charge in [0.15, 0.2) is 0 Å². The standard InChI is InChI=1S/C35H35N3O4/c1-35(2,3)42-34(40)38-19-17-37(18-20-38)23-27-11-8-14-31-29(27)22-32(41-31)28-12-6-7-13-30(28)36-33(39)26-16-15-24-9-4-5-10-25(24)21-26/h4-16,21-22H,17-20,23H2,1-3H3,(H,36,39). The summed E-state index contributed by atoms with van der Waals surface area (Å²) in [5.41, 5.74) is 3.56. The molecule has 214 valence electrons. The molecule has 5 aromatic rings. The third-order valence-corrected chi connectivity index (χ3v) is 7.52. The molecule has 1 N–H and O–H groups in total. The van der Waals surface area contributed by atoms with E-state index >= 15 is 0 Å². The van der Waals surface area contributed by atoms with E-state index in [1.54, 1.807) is 4.90 Å². The molecule has 0 atom stereocenters. The maximum atomic E-state index is 13.2. The largest absolute Gasteiger partial charge is 0.456 e. The lowest BCUT2D eigenvalue weighted by Gasteiger charge is -2.35. The molecular weight excluding hydrogens is 526 g/mol. The number of benzene rings is 4. The number of carbonyl (C=O) groups excluding carboxylic acids is 2. The molecular formula is C35H35N3O4. The van der Waals surface area contributed by atoms with Crippen LogP contribution in [0.5, 0.6) is 0 Å². The summed E-state index contributed by atoms with van der Waals surface area (Å²) in [6.45, 7) is 9.21. The average molecular weight is 562 g/mol. The minimum atomic E-state index is -0.499. The molecule has 7 nitrogen and oxygen atoms in total. The van der Waals surface area contributed by atoms with E-state index in [1.165, 1.54) is 0 Å². The number of furan rings is 1. The number of hydrogen-bond donors (Lipinski definition) is 1. The first kappa shape index (κ1) is 27.5. The molecule has 42 heavy (non-hydrogen) atoms. The molecule has 0 spiro atoms. The summed E-state index contributed by atoms with van der Waals surface area (Å²) in [6, 6.07) is 29.6. The topological polar surface area (TPSA) is 75.0 Å². The van der Waals surface area contributed by atoms with Crippen molar-refractivity contribution in [2.75, 3.05) is 31.5 Å². The van der Waals surface area contributed by atoms with Gasteiger partial charge in [0.2, 0.25) is 0 Å². The van der Waals surface area contributed by atoms with Gasteiger partial charge in [0.25, 0.3) is 5.91 Å². The van der Waals surface area contributed by atoms with Crippen LogP contribution >= 0.6 is 0 Å². The molecule has 1 fully saturated rings. The lowest BCUT2D eigenvalue weighted by molar-refractivity contribution is 0.0139. The Morgan fingerprint density at radius 2 is 1.57 bits per heavy atom. The fraction of sp³-hybridized carbons (Fsp3) is 0.257. The highest BCUT2D eigenvalue weighted by Crippen LogP contribution is 2.35. The van der Waals surface area contributed by atoms with Crippen LogP contribution in [0.2, 0.25) is 0 Å². The zero-order valence-electron chi connectivity index (χ0n) is 24.2. The number of para-hydroxylation sites is 1. The van der Waals surface area contributed by atoms with Crippen molar-refractivity contribution in [1.29, 1.82) is 0 Å². The first-order valence-electron chi connectivity index (χ1n) is 14.3. The Hall–Kier alpha value is -4.62. The number of hydrogen-bond acceptors (Lipinski definition) is 5. The number of anilines is 1. The first-order chi connectivity index (χ1) is 20.2. The zero-order valence-corrected chi connectivity index (χ0v) is 24.2. The SMILES string of the molecule is CC(C)(C)OC(=O)N1CCN(Cc2cccc3oc(-c4ccccc4NC(=O)c4ccc5ccccc5c4)cc23)CC1. The number of piperazine rings is 1. The summed E-state index contributed by atoms with van der Waals surface area (Å²) in [5, 5.41) is 6.25. The Kier molecular flexibility index (Phi) is 7.43. The second-order valence-electron chi connectivity index (χ2n) is 11.7. The molecule has 1 aromatic heterocycles. The van der Waals surface area contributed by atoms with E-state index in [2.05, 4.69) is 22.3 Å². The summed E-state index contributed by atoms with van der Waals surface area (Å²) in [4.78, 5) is 29.8. The highest BCUT2D eigenvalue weighted by molar-refractivity contribution is 6.08. The van der Waals surface area contributed by atoms with Crippen LogP contribution in [-0.4, -0.2) is 53.6 Å². The molecule has 2 amide bonds. The van der Waals surface area contributed by atoms with Gasteiger partial charge < -0.3 is 19.4 Å². The Balaban J connectivity index is 1.19. The van der Waals surface area contributed by atoms with Gasteiger partial charge in [-0.2, -0.15) is 0 Å². The Morgan fingerprint density at radius 3 is 2.36 bits per heavy atom. The lowest BCUT2D eigenvalue weighted by Crippen LogP contribution is -2.49. The van der Waals surface area contributed by atoms with Crippen LogP contribution in [0, 0.1) is 0 Å². The number of amides is 2. The van der Waals surface area contributed by atoms with Crippen LogP contribution < -0.4 is 5.32 Å². The zero-order chi connectivity index (χ0) is 29.3. The molecule has 0 bridgehead atoms. The number of nitrogens with zero attached hydrogens (tertiary/aromatic N) is 2. The monoisotopic (exact) mass is 561 g/mol. The summed E-state index contributed by atoms with van der Waals surface area (Å²) in [5.74, 6) is 0.525. The minimum Gasteiger partial charge on any atom is -0.456 e. The van der Waals surface area contributed by atoms with Crippen molar-refractivity contribution in [2.24, 2.45) is 0 Å². The van der Waals surface area contributed by atoms with Crippen molar-refractivity contribution in [3.63, 3.8) is 0 Å². The van der Waals surface area contributed by atoms with E-state index in [-0.39, 0.29) is 12.0 Å². The van der Waals surface area contributed by atoms with Gasteiger partial charge in [-0.3, -0.25) is 9.69 Å². The maximum absolute atomic E-state index is 13.2. The molecule has 1 aliphatic rings. The average Bonchev–Trinajstić information content (AvgIpc) is 3.42. The highest BCUT2D eigenvalue weighted by atomic mass is 16.6. The van der Waals surface area contributed by atoms with E-state index < -0.39 is 5.60 Å². The van der Waals surface area contributed by atoms with Crippen molar-refractivity contribution in [3.05, 3.63) is 102 Å². The van der Waals surface area contributed by atoms with Crippen LogP contribution in [0.1, 0.15) is 36.7 Å². The van der Waals surface area contributed by atoms with Gasteiger partial charge in [0, 0.05) is 49.2 Å². The van der Waals surface area contributed by atoms with Gasteiger partial charge in [-0.05, 0) is 73.5 Å². The van der Waals surface area contributed by atoms with E-state index in [0.29, 0.717) is 30.1 Å². The van der Waals surface area contributed by atoms with E-state index in [1.807, 2.05) is 99.6 Å². The normalized spacial score (nSPS) is 14.3. The van der Waals surface area contributed by atoms with Gasteiger partial charge in [-0.1, -0.05) is 54.6 Å². The molecule has 1 saturated heterocycles. The van der Waals surface area contributed by atoms with E-state index in [9.17, 15) is 9.59 Å². The fourth-order valence-electron chi connectivity index (χ4n) is 5.38. The number of nitrogens with one attached hydrogen (secondary N) is 1. The van der Waals surface area contributed by atoms with Gasteiger partial charge in [0.05, 0.1) is 5.69 Å². The predicted octanol–water partition coefficient (Wildman–Crippen LogP) is 7.56. The second-order valence-corrected chi connectivity index (χ2v) is 11.7. The second kappa shape index (κ2) is 11.3. The minimum absolute atomic E-state index is 0.171. The molecule has 0 radical (unpaired) electrons. The van der Waals surface area contributed by atoms with Crippen molar-refractivity contribution < 1.29 is 18.7 Å². The summed E-state index contributed by atoms with van der Waals surface area (Å²) in [7, 11) is 0. The van der Waals surface area contributed by atoms with Crippen LogP contribution in [0.25, 0.3) is 33.1 Å². The van der Waals surface area contributed by atoms with E-state index in [4.69, 9.17) is 9.15 Å². The Bertz CT molecular complexity index is 1760. The fourth-order valence-corrected chi connectivity index (χ4v) is 5.38. The van der Waals surface area contributed by atoms with Gasteiger partial charge >= 0.3 is 6.09 Å². The van der Waals surface area contributed by atoms with Crippen molar-refractivity contribution >= 4 is 39.4 Å². The lowest BCUT2D eigenvalue weighted by atomic mass is 10.1. The van der Waals surface area contributed by atoms with Gasteiger partial charge in [-0.25, -0.2) is 4.79 Å². The summed E-state index contributed by atoms with van der Waals surface area (Å²) in [6.07, 6.45) is -0.255. The highest BCUT2D eigenvalue weighted by Gasteiger charge is 2.26. The quantitative estimate of drug-likeness (QED) is 0.240. The third-order valence-electron chi connectivity index (χ3n) is 7.52. The molecule has 4 aromatic carbocycles. The number of ether oxygens (including phenoxy) is 1. The Labute approximate surface area is 245 Å². The molecule has 0 unspecified atom stereocenters. The van der Waals surface area contributed by atoms with Crippen molar-refractivity contribution in [3.8, 4) is 11.3 Å². The van der Waals surface area contributed by atoms with Crippen molar-refractivity contribution in [1.82, 2.24) is 9.80 Å². The van der Waals surface area contributed by atoms with Crippen LogP contribution in [0.4, 0.5) is 10.5 Å². The van der Waals surface area contributed by atoms with E-state index in [0.717, 1.165) is 52.5 Å². The van der Waals surface area contributed by atoms with Gasteiger partial charge in [-0.15, -0.1) is 0 Å². The molecule has 7 heteroatoms. The summed E-state index contributed by atoms with van der Waals surface area (Å²) >= 11 is 0. The number of rotatable bonds is 5. The number of fused-ring (bicyclic) bond motifs is 2. The molecule has 0 aliphatic carbocycles. The molecule has 0 saturated carbocycles. The summed E-state index contributed by atoms with van der Waals surface area (Å²) < 4.78 is 11.9. The van der Waals surface area contributed by atoms with Crippen molar-refractivity contribution in [2.45, 2.75) is 32.9 Å². The van der Waals surface area contributed by atoms with Gasteiger partial charge in [0.1, 0.15) is 16.9 Å². The predicted molar refractivity (Wildman–Crippen MR) is 167 cm³/mol. The molecule has 2 heterocycles. The molecule has 6 rings (SSSR count).